The fourth-order valence-corrected chi connectivity index (χ4v) is 3.54. The van der Waals surface area contributed by atoms with Crippen LogP contribution in [0.25, 0.3) is 21.7 Å². The zero-order chi connectivity index (χ0) is 16.9. The van der Waals surface area contributed by atoms with Crippen LogP contribution in [0.5, 0.6) is 0 Å². The zero-order valence-electron chi connectivity index (χ0n) is 13.3. The highest BCUT2D eigenvalue weighted by atomic mass is 79.9. The summed E-state index contributed by atoms with van der Waals surface area (Å²) in [4.78, 5) is 16.0. The average molecular weight is 401 g/mol. The molecular formula is C19H17BrN2OS. The van der Waals surface area contributed by atoms with Crippen LogP contribution in [0.4, 0.5) is 5.69 Å². The Morgan fingerprint density at radius 2 is 1.92 bits per heavy atom. The summed E-state index contributed by atoms with van der Waals surface area (Å²) in [6.07, 6.45) is 3.21. The first-order chi connectivity index (χ1) is 11.7. The third kappa shape index (κ3) is 3.91. The molecule has 1 heterocycles. The molecule has 3 aromatic rings. The van der Waals surface area contributed by atoms with Gasteiger partial charge < -0.3 is 5.32 Å². The van der Waals surface area contributed by atoms with Crippen molar-refractivity contribution in [2.45, 2.75) is 19.8 Å². The number of carbonyl (C=O) groups excluding carboxylic acids is 1. The van der Waals surface area contributed by atoms with Gasteiger partial charge in [0, 0.05) is 33.7 Å². The molecule has 0 spiro atoms. The maximum Gasteiger partial charge on any atom is 0.224 e. The second-order valence-electron chi connectivity index (χ2n) is 5.41. The predicted octanol–water partition coefficient (Wildman–Crippen LogP) is 5.98. The van der Waals surface area contributed by atoms with Crippen molar-refractivity contribution in [1.82, 2.24) is 4.98 Å². The van der Waals surface area contributed by atoms with E-state index < -0.39 is 0 Å². The van der Waals surface area contributed by atoms with Gasteiger partial charge >= 0.3 is 0 Å². The largest absolute Gasteiger partial charge is 0.326 e. The Kier molecular flexibility index (Phi) is 5.43. The van der Waals surface area contributed by atoms with Crippen molar-refractivity contribution in [3.8, 4) is 21.7 Å². The van der Waals surface area contributed by atoms with E-state index >= 15 is 0 Å². The van der Waals surface area contributed by atoms with E-state index in [9.17, 15) is 4.79 Å². The minimum Gasteiger partial charge on any atom is -0.326 e. The van der Waals surface area contributed by atoms with Crippen LogP contribution in [0.3, 0.4) is 0 Å². The standard InChI is InChI=1S/C19H17BrN2OS/c1-2-3-18(23)22-15-7-4-13(5-8-15)16-12-14(6-9-17(16)20)19-21-10-11-24-19/h4-12H,2-3H2,1H3,(H,22,23). The molecule has 0 radical (unpaired) electrons. The van der Waals surface area contributed by atoms with Crippen molar-refractivity contribution in [2.75, 3.05) is 5.32 Å². The van der Waals surface area contributed by atoms with Crippen LogP contribution in [-0.2, 0) is 4.79 Å². The topological polar surface area (TPSA) is 42.0 Å². The highest BCUT2D eigenvalue weighted by Gasteiger charge is 2.08. The molecule has 0 unspecified atom stereocenters. The molecule has 0 bridgehead atoms. The van der Waals surface area contributed by atoms with Crippen LogP contribution in [0.1, 0.15) is 19.8 Å². The number of anilines is 1. The lowest BCUT2D eigenvalue weighted by atomic mass is 10.0. The molecule has 0 saturated carbocycles. The van der Waals surface area contributed by atoms with E-state index in [4.69, 9.17) is 0 Å². The lowest BCUT2D eigenvalue weighted by Gasteiger charge is -2.09. The van der Waals surface area contributed by atoms with Crippen molar-refractivity contribution in [3.63, 3.8) is 0 Å². The fourth-order valence-electron chi connectivity index (χ4n) is 2.43. The number of carbonyl (C=O) groups is 1. The van der Waals surface area contributed by atoms with Crippen LogP contribution >= 0.6 is 27.3 Å². The zero-order valence-corrected chi connectivity index (χ0v) is 15.7. The maximum absolute atomic E-state index is 11.7. The first-order valence-corrected chi connectivity index (χ1v) is 9.44. The van der Waals surface area contributed by atoms with E-state index in [1.807, 2.05) is 48.8 Å². The van der Waals surface area contributed by atoms with E-state index in [0.29, 0.717) is 6.42 Å². The van der Waals surface area contributed by atoms with E-state index in [2.05, 4.69) is 38.4 Å². The first-order valence-electron chi connectivity index (χ1n) is 7.77. The Morgan fingerprint density at radius 3 is 2.58 bits per heavy atom. The molecule has 0 aliphatic rings. The van der Waals surface area contributed by atoms with Crippen LogP contribution in [0, 0.1) is 0 Å². The highest BCUT2D eigenvalue weighted by molar-refractivity contribution is 9.10. The number of amides is 1. The average Bonchev–Trinajstić information content (AvgIpc) is 3.11. The lowest BCUT2D eigenvalue weighted by Crippen LogP contribution is -2.10. The highest BCUT2D eigenvalue weighted by Crippen LogP contribution is 2.33. The van der Waals surface area contributed by atoms with Gasteiger partial charge in [-0.1, -0.05) is 41.1 Å². The number of hydrogen-bond acceptors (Lipinski definition) is 3. The molecule has 1 N–H and O–H groups in total. The van der Waals surface area contributed by atoms with Crippen molar-refractivity contribution >= 4 is 38.9 Å². The van der Waals surface area contributed by atoms with Crippen molar-refractivity contribution in [2.24, 2.45) is 0 Å². The number of nitrogens with one attached hydrogen (secondary N) is 1. The molecule has 1 aromatic heterocycles. The monoisotopic (exact) mass is 400 g/mol. The number of aromatic nitrogens is 1. The summed E-state index contributed by atoms with van der Waals surface area (Å²) in [5.41, 5.74) is 4.12. The normalized spacial score (nSPS) is 10.6. The number of benzene rings is 2. The van der Waals surface area contributed by atoms with Crippen molar-refractivity contribution < 1.29 is 4.79 Å². The van der Waals surface area contributed by atoms with Crippen molar-refractivity contribution in [3.05, 3.63) is 58.5 Å². The minimum atomic E-state index is 0.0530. The molecule has 2 aromatic carbocycles. The number of rotatable bonds is 5. The molecule has 3 rings (SSSR count). The molecule has 5 heteroatoms. The number of nitrogens with zero attached hydrogens (tertiary/aromatic N) is 1. The van der Waals surface area contributed by atoms with Gasteiger partial charge in [-0.05, 0) is 41.8 Å². The number of hydrogen-bond donors (Lipinski definition) is 1. The van der Waals surface area contributed by atoms with E-state index in [0.717, 1.165) is 38.3 Å². The number of thiazole rings is 1. The van der Waals surface area contributed by atoms with Crippen LogP contribution in [0.15, 0.2) is 58.5 Å². The smallest absolute Gasteiger partial charge is 0.224 e. The summed E-state index contributed by atoms with van der Waals surface area (Å²) >= 11 is 5.25. The molecule has 0 aliphatic carbocycles. The molecule has 0 atom stereocenters. The Bertz CT molecular complexity index is 829. The Balaban J connectivity index is 1.86. The Morgan fingerprint density at radius 1 is 1.17 bits per heavy atom. The summed E-state index contributed by atoms with van der Waals surface area (Å²) in [6, 6.07) is 14.2. The van der Waals surface area contributed by atoms with Gasteiger partial charge in [-0.25, -0.2) is 4.98 Å². The summed E-state index contributed by atoms with van der Waals surface area (Å²) in [5, 5.41) is 5.89. The quantitative estimate of drug-likeness (QED) is 0.572. The maximum atomic E-state index is 11.7. The van der Waals surface area contributed by atoms with Gasteiger partial charge in [0.15, 0.2) is 0 Å². The molecule has 0 fully saturated rings. The van der Waals surface area contributed by atoms with E-state index in [1.165, 1.54) is 0 Å². The molecular weight excluding hydrogens is 384 g/mol. The van der Waals surface area contributed by atoms with Crippen molar-refractivity contribution in [1.29, 1.82) is 0 Å². The van der Waals surface area contributed by atoms with Gasteiger partial charge in [0.05, 0.1) is 0 Å². The third-order valence-corrected chi connectivity index (χ3v) is 5.12. The second-order valence-corrected chi connectivity index (χ2v) is 7.16. The predicted molar refractivity (Wildman–Crippen MR) is 104 cm³/mol. The Labute approximate surface area is 153 Å². The summed E-state index contributed by atoms with van der Waals surface area (Å²) < 4.78 is 1.03. The van der Waals surface area contributed by atoms with Crippen LogP contribution < -0.4 is 5.32 Å². The molecule has 0 aliphatic heterocycles. The third-order valence-electron chi connectivity index (χ3n) is 3.60. The molecule has 122 valence electrons. The molecule has 3 nitrogen and oxygen atoms in total. The SMILES string of the molecule is CCCC(=O)Nc1ccc(-c2cc(-c3nccs3)ccc2Br)cc1. The summed E-state index contributed by atoms with van der Waals surface area (Å²) in [7, 11) is 0. The van der Waals surface area contributed by atoms with Gasteiger partial charge in [-0.2, -0.15) is 0 Å². The van der Waals surface area contributed by atoms with Gasteiger partial charge in [0.2, 0.25) is 5.91 Å². The van der Waals surface area contributed by atoms with Crippen LogP contribution in [0.2, 0.25) is 0 Å². The number of halogens is 1. The van der Waals surface area contributed by atoms with Gasteiger partial charge in [-0.15, -0.1) is 11.3 Å². The minimum absolute atomic E-state index is 0.0530. The van der Waals surface area contributed by atoms with Gasteiger partial charge in [0.1, 0.15) is 5.01 Å². The summed E-state index contributed by atoms with van der Waals surface area (Å²) in [5.74, 6) is 0.0530. The first kappa shape index (κ1) is 16.9. The second kappa shape index (κ2) is 7.73. The summed E-state index contributed by atoms with van der Waals surface area (Å²) in [6.45, 7) is 2.00. The molecule has 0 saturated heterocycles. The molecule has 24 heavy (non-hydrogen) atoms. The van der Waals surface area contributed by atoms with Crippen LogP contribution in [-0.4, -0.2) is 10.9 Å². The molecule has 1 amide bonds. The Hall–Kier alpha value is -1.98. The lowest BCUT2D eigenvalue weighted by molar-refractivity contribution is -0.116. The fraction of sp³-hybridized carbons (Fsp3) is 0.158. The van der Waals surface area contributed by atoms with Gasteiger partial charge in [-0.3, -0.25) is 4.79 Å². The van der Waals surface area contributed by atoms with E-state index in [1.54, 1.807) is 11.3 Å². The van der Waals surface area contributed by atoms with E-state index in [-0.39, 0.29) is 5.91 Å². The van der Waals surface area contributed by atoms with Gasteiger partial charge in [0.25, 0.3) is 0 Å².